The summed E-state index contributed by atoms with van der Waals surface area (Å²) in [7, 11) is 0. The molecule has 0 saturated carbocycles. The van der Waals surface area contributed by atoms with Gasteiger partial charge in [0.2, 0.25) is 5.88 Å². The predicted octanol–water partition coefficient (Wildman–Crippen LogP) is 4.28. The highest BCUT2D eigenvalue weighted by Crippen LogP contribution is 2.30. The first kappa shape index (κ1) is 17.6. The molecule has 0 bridgehead atoms. The van der Waals surface area contributed by atoms with Gasteiger partial charge in [-0.3, -0.25) is 0 Å². The second-order valence-corrected chi connectivity index (χ2v) is 7.00. The van der Waals surface area contributed by atoms with Crippen LogP contribution in [-0.2, 0) is 6.54 Å². The van der Waals surface area contributed by atoms with E-state index in [2.05, 4.69) is 72.6 Å². The number of anilines is 1. The van der Waals surface area contributed by atoms with E-state index < -0.39 is 0 Å². The number of rotatable bonds is 8. The number of alkyl halides is 1. The lowest BCUT2D eigenvalue weighted by molar-refractivity contribution is 0.463. The quantitative estimate of drug-likeness (QED) is 0.394. The maximum absolute atomic E-state index is 5.80. The van der Waals surface area contributed by atoms with Gasteiger partial charge in [0, 0.05) is 9.99 Å². The molecule has 1 atom stereocenters. The first-order valence-electron chi connectivity index (χ1n) is 8.08. The SMILES string of the molecule is CCCC(I)c1ccc(Oc2ccc(NCc3nn[nH]n3)cn2)cc1. The van der Waals surface area contributed by atoms with Gasteiger partial charge in [-0.05, 0) is 30.2 Å². The zero-order valence-corrected chi connectivity index (χ0v) is 16.0. The summed E-state index contributed by atoms with van der Waals surface area (Å²) in [5, 5.41) is 16.9. The number of H-pyrrole nitrogens is 1. The van der Waals surface area contributed by atoms with Crippen LogP contribution >= 0.6 is 22.6 Å². The molecular formula is C17H19IN6O. The third-order valence-corrected chi connectivity index (χ3v) is 4.92. The Labute approximate surface area is 159 Å². The molecule has 1 unspecified atom stereocenters. The Hall–Kier alpha value is -2.23. The van der Waals surface area contributed by atoms with Gasteiger partial charge in [-0.1, -0.05) is 53.3 Å². The Morgan fingerprint density at radius 3 is 2.68 bits per heavy atom. The first-order valence-corrected chi connectivity index (χ1v) is 9.33. The van der Waals surface area contributed by atoms with Gasteiger partial charge in [0.05, 0.1) is 18.4 Å². The van der Waals surface area contributed by atoms with Crippen LogP contribution in [0.1, 0.15) is 35.1 Å². The highest BCUT2D eigenvalue weighted by Gasteiger charge is 2.07. The standard InChI is InChI=1S/C17H19IN6O/c1-2-3-15(18)12-4-7-14(8-5-12)25-17-9-6-13(10-20-17)19-11-16-21-23-24-22-16/h4-10,15,19H,2-3,11H2,1H3,(H,21,22,23,24). The summed E-state index contributed by atoms with van der Waals surface area (Å²) in [5.74, 6) is 1.93. The minimum atomic E-state index is 0.481. The summed E-state index contributed by atoms with van der Waals surface area (Å²) in [4.78, 5) is 4.31. The van der Waals surface area contributed by atoms with Gasteiger partial charge in [0.25, 0.3) is 0 Å². The smallest absolute Gasteiger partial charge is 0.219 e. The van der Waals surface area contributed by atoms with E-state index >= 15 is 0 Å². The summed E-state index contributed by atoms with van der Waals surface area (Å²) in [5.41, 5.74) is 2.18. The van der Waals surface area contributed by atoms with Crippen LogP contribution in [0, 0.1) is 0 Å². The molecule has 25 heavy (non-hydrogen) atoms. The molecule has 0 radical (unpaired) electrons. The van der Waals surface area contributed by atoms with Crippen LogP contribution in [-0.4, -0.2) is 25.6 Å². The van der Waals surface area contributed by atoms with E-state index in [1.807, 2.05) is 24.3 Å². The number of halogens is 1. The van der Waals surface area contributed by atoms with Gasteiger partial charge in [-0.2, -0.15) is 5.21 Å². The Balaban J connectivity index is 1.55. The lowest BCUT2D eigenvalue weighted by Crippen LogP contribution is -2.01. The molecule has 130 valence electrons. The number of pyridine rings is 1. The molecule has 0 aliphatic carbocycles. The van der Waals surface area contributed by atoms with E-state index in [4.69, 9.17) is 4.74 Å². The third-order valence-electron chi connectivity index (χ3n) is 3.58. The lowest BCUT2D eigenvalue weighted by Gasteiger charge is -2.10. The number of nitrogens with one attached hydrogen (secondary N) is 2. The lowest BCUT2D eigenvalue weighted by atomic mass is 10.1. The molecule has 0 amide bonds. The van der Waals surface area contributed by atoms with Crippen molar-refractivity contribution < 1.29 is 4.74 Å². The van der Waals surface area contributed by atoms with Crippen molar-refractivity contribution >= 4 is 28.3 Å². The van der Waals surface area contributed by atoms with Crippen molar-refractivity contribution in [3.05, 3.63) is 54.0 Å². The summed E-state index contributed by atoms with van der Waals surface area (Å²) in [6.07, 6.45) is 4.08. The number of hydrogen-bond donors (Lipinski definition) is 2. The van der Waals surface area contributed by atoms with E-state index in [-0.39, 0.29) is 0 Å². The molecule has 0 saturated heterocycles. The molecule has 2 heterocycles. The monoisotopic (exact) mass is 450 g/mol. The van der Waals surface area contributed by atoms with Crippen LogP contribution in [0.25, 0.3) is 0 Å². The van der Waals surface area contributed by atoms with E-state index in [1.54, 1.807) is 6.20 Å². The topological polar surface area (TPSA) is 88.6 Å². The summed E-state index contributed by atoms with van der Waals surface area (Å²) >= 11 is 2.48. The Kier molecular flexibility index (Phi) is 6.15. The molecule has 2 N–H and O–H groups in total. The Bertz CT molecular complexity index is 761. The van der Waals surface area contributed by atoms with E-state index in [0.717, 1.165) is 11.4 Å². The fourth-order valence-corrected chi connectivity index (χ4v) is 3.31. The fraction of sp³-hybridized carbons (Fsp3) is 0.294. The molecule has 2 aromatic heterocycles. The first-order chi connectivity index (χ1) is 12.2. The molecule has 0 aliphatic rings. The van der Waals surface area contributed by atoms with E-state index in [9.17, 15) is 0 Å². The summed E-state index contributed by atoms with van der Waals surface area (Å²) in [6.45, 7) is 2.69. The van der Waals surface area contributed by atoms with Gasteiger partial charge in [0.15, 0.2) is 5.82 Å². The molecule has 0 spiro atoms. The molecule has 3 aromatic rings. The number of ether oxygens (including phenoxy) is 1. The minimum Gasteiger partial charge on any atom is -0.439 e. The Morgan fingerprint density at radius 2 is 2.04 bits per heavy atom. The van der Waals surface area contributed by atoms with E-state index in [1.165, 1.54) is 18.4 Å². The summed E-state index contributed by atoms with van der Waals surface area (Å²) in [6, 6.07) is 11.9. The number of tetrazole rings is 1. The van der Waals surface area contributed by atoms with Gasteiger partial charge >= 0.3 is 0 Å². The molecule has 0 fully saturated rings. The normalized spacial score (nSPS) is 11.9. The van der Waals surface area contributed by atoms with Crippen LogP contribution in [0.15, 0.2) is 42.6 Å². The van der Waals surface area contributed by atoms with E-state index in [0.29, 0.717) is 22.2 Å². The van der Waals surface area contributed by atoms with Crippen molar-refractivity contribution in [3.8, 4) is 11.6 Å². The van der Waals surface area contributed by atoms with Crippen molar-refractivity contribution in [2.24, 2.45) is 0 Å². The molecule has 0 aliphatic heterocycles. The number of benzene rings is 1. The van der Waals surface area contributed by atoms with Gasteiger partial charge in [-0.25, -0.2) is 4.98 Å². The van der Waals surface area contributed by atoms with Crippen molar-refractivity contribution in [2.75, 3.05) is 5.32 Å². The number of aromatic nitrogens is 5. The molecule has 3 rings (SSSR count). The number of aromatic amines is 1. The zero-order valence-electron chi connectivity index (χ0n) is 13.8. The molecule has 8 heteroatoms. The van der Waals surface area contributed by atoms with Crippen molar-refractivity contribution in [2.45, 2.75) is 30.2 Å². The van der Waals surface area contributed by atoms with Gasteiger partial charge in [0.1, 0.15) is 5.75 Å². The maximum atomic E-state index is 5.80. The highest BCUT2D eigenvalue weighted by atomic mass is 127. The zero-order chi connectivity index (χ0) is 17.5. The van der Waals surface area contributed by atoms with Gasteiger partial charge in [-0.15, -0.1) is 10.2 Å². The van der Waals surface area contributed by atoms with Crippen molar-refractivity contribution in [1.82, 2.24) is 25.6 Å². The van der Waals surface area contributed by atoms with Crippen molar-refractivity contribution in [1.29, 1.82) is 0 Å². The van der Waals surface area contributed by atoms with Crippen LogP contribution in [0.2, 0.25) is 0 Å². The van der Waals surface area contributed by atoms with Crippen molar-refractivity contribution in [3.63, 3.8) is 0 Å². The minimum absolute atomic E-state index is 0.481. The van der Waals surface area contributed by atoms with Gasteiger partial charge < -0.3 is 10.1 Å². The molecule has 1 aromatic carbocycles. The second-order valence-electron chi connectivity index (χ2n) is 5.49. The highest BCUT2D eigenvalue weighted by molar-refractivity contribution is 14.1. The van der Waals surface area contributed by atoms with Crippen LogP contribution in [0.3, 0.4) is 0 Å². The average Bonchev–Trinajstić information content (AvgIpc) is 3.15. The maximum Gasteiger partial charge on any atom is 0.219 e. The number of hydrogen-bond acceptors (Lipinski definition) is 6. The largest absolute Gasteiger partial charge is 0.439 e. The average molecular weight is 450 g/mol. The summed E-state index contributed by atoms with van der Waals surface area (Å²) < 4.78 is 6.34. The second kappa shape index (κ2) is 8.75. The molecule has 7 nitrogen and oxygen atoms in total. The third kappa shape index (κ3) is 5.12. The number of nitrogens with zero attached hydrogens (tertiary/aromatic N) is 4. The predicted molar refractivity (Wildman–Crippen MR) is 104 cm³/mol. The fourth-order valence-electron chi connectivity index (χ4n) is 2.27. The van der Waals surface area contributed by atoms with Crippen LogP contribution < -0.4 is 10.1 Å². The Morgan fingerprint density at radius 1 is 1.20 bits per heavy atom. The molecular weight excluding hydrogens is 431 g/mol. The van der Waals surface area contributed by atoms with Crippen LogP contribution in [0.5, 0.6) is 11.6 Å². The van der Waals surface area contributed by atoms with Crippen LogP contribution in [0.4, 0.5) is 5.69 Å².